The van der Waals surface area contributed by atoms with E-state index in [4.69, 9.17) is 11.6 Å². The van der Waals surface area contributed by atoms with Gasteiger partial charge < -0.3 is 0 Å². The molecule has 3 heteroatoms. The van der Waals surface area contributed by atoms with Crippen molar-refractivity contribution in [2.75, 3.05) is 0 Å². The number of hydrogen-bond acceptors (Lipinski definition) is 1. The quantitative estimate of drug-likeness (QED) is 0.694. The second-order valence-corrected chi connectivity index (χ2v) is 4.81. The second kappa shape index (κ2) is 5.29. The van der Waals surface area contributed by atoms with Gasteiger partial charge in [0.2, 0.25) is 0 Å². The van der Waals surface area contributed by atoms with Crippen LogP contribution < -0.4 is 0 Å². The van der Waals surface area contributed by atoms with Crippen molar-refractivity contribution in [2.24, 2.45) is 0 Å². The van der Waals surface area contributed by atoms with Crippen molar-refractivity contribution in [3.63, 3.8) is 0 Å². The van der Waals surface area contributed by atoms with E-state index in [0.29, 0.717) is 0 Å². The Morgan fingerprint density at radius 2 is 1.79 bits per heavy atom. The van der Waals surface area contributed by atoms with Gasteiger partial charge in [-0.25, -0.2) is 0 Å². The Balaban J connectivity index is 1.93. The van der Waals surface area contributed by atoms with Gasteiger partial charge >= 0.3 is 0 Å². The predicted molar refractivity (Wildman–Crippen MR) is 78.2 cm³/mol. The number of rotatable bonds is 3. The van der Waals surface area contributed by atoms with Crippen molar-refractivity contribution in [3.8, 4) is 11.3 Å². The molecule has 0 N–H and O–H groups in total. The van der Waals surface area contributed by atoms with Crippen LogP contribution in [0.3, 0.4) is 0 Å². The molecule has 2 aromatic carbocycles. The molecule has 3 rings (SSSR count). The molecule has 0 aliphatic heterocycles. The molecule has 0 unspecified atom stereocenters. The van der Waals surface area contributed by atoms with E-state index in [0.717, 1.165) is 22.8 Å². The molecule has 0 aliphatic carbocycles. The standard InChI is InChI=1S/C16H13ClN2/c17-15-8-4-5-13(11-15)12-19-16(9-10-18-19)14-6-2-1-3-7-14/h1-11H,12H2. The van der Waals surface area contributed by atoms with Crippen LogP contribution in [0.1, 0.15) is 5.56 Å². The Labute approximate surface area is 117 Å². The van der Waals surface area contributed by atoms with Crippen LogP contribution in [0.15, 0.2) is 66.9 Å². The van der Waals surface area contributed by atoms with E-state index in [1.807, 2.05) is 53.3 Å². The van der Waals surface area contributed by atoms with Crippen LogP contribution >= 0.6 is 11.6 Å². The molecule has 0 bridgehead atoms. The average molecular weight is 269 g/mol. The topological polar surface area (TPSA) is 17.8 Å². The van der Waals surface area contributed by atoms with Crippen molar-refractivity contribution < 1.29 is 0 Å². The third-order valence-corrected chi connectivity index (χ3v) is 3.24. The fraction of sp³-hybridized carbons (Fsp3) is 0.0625. The van der Waals surface area contributed by atoms with Crippen LogP contribution in [-0.4, -0.2) is 9.78 Å². The van der Waals surface area contributed by atoms with E-state index in [2.05, 4.69) is 23.3 Å². The first kappa shape index (κ1) is 12.0. The maximum absolute atomic E-state index is 6.01. The third-order valence-electron chi connectivity index (χ3n) is 3.01. The summed E-state index contributed by atoms with van der Waals surface area (Å²) in [5.74, 6) is 0. The lowest BCUT2D eigenvalue weighted by atomic mass is 10.1. The van der Waals surface area contributed by atoms with Gasteiger partial charge in [0.05, 0.1) is 12.2 Å². The van der Waals surface area contributed by atoms with Crippen LogP contribution in [0, 0.1) is 0 Å². The summed E-state index contributed by atoms with van der Waals surface area (Å²) in [7, 11) is 0. The summed E-state index contributed by atoms with van der Waals surface area (Å²) in [4.78, 5) is 0. The highest BCUT2D eigenvalue weighted by Crippen LogP contribution is 2.20. The zero-order valence-corrected chi connectivity index (χ0v) is 11.1. The highest BCUT2D eigenvalue weighted by molar-refractivity contribution is 6.30. The lowest BCUT2D eigenvalue weighted by molar-refractivity contribution is 0.694. The first-order valence-corrected chi connectivity index (χ1v) is 6.52. The van der Waals surface area contributed by atoms with Crippen LogP contribution in [-0.2, 0) is 6.54 Å². The normalized spacial score (nSPS) is 10.6. The van der Waals surface area contributed by atoms with Gasteiger partial charge in [0.25, 0.3) is 0 Å². The van der Waals surface area contributed by atoms with E-state index in [1.54, 1.807) is 0 Å². The molecule has 0 atom stereocenters. The summed E-state index contributed by atoms with van der Waals surface area (Å²) in [6, 6.07) is 20.2. The van der Waals surface area contributed by atoms with Crippen molar-refractivity contribution in [3.05, 3.63) is 77.4 Å². The number of halogens is 1. The molecule has 0 fully saturated rings. The zero-order valence-electron chi connectivity index (χ0n) is 10.3. The number of aromatic nitrogens is 2. The molecule has 0 spiro atoms. The Morgan fingerprint density at radius 1 is 0.947 bits per heavy atom. The van der Waals surface area contributed by atoms with E-state index in [1.165, 1.54) is 5.56 Å². The van der Waals surface area contributed by atoms with Gasteiger partial charge in [-0.3, -0.25) is 4.68 Å². The van der Waals surface area contributed by atoms with Gasteiger partial charge in [-0.15, -0.1) is 0 Å². The Morgan fingerprint density at radius 3 is 2.58 bits per heavy atom. The van der Waals surface area contributed by atoms with Crippen LogP contribution in [0.5, 0.6) is 0 Å². The highest BCUT2D eigenvalue weighted by Gasteiger charge is 2.05. The minimum absolute atomic E-state index is 0.720. The summed E-state index contributed by atoms with van der Waals surface area (Å²) >= 11 is 6.01. The van der Waals surface area contributed by atoms with Crippen LogP contribution in [0.2, 0.25) is 5.02 Å². The van der Waals surface area contributed by atoms with Gasteiger partial charge in [0.1, 0.15) is 0 Å². The third kappa shape index (κ3) is 2.69. The molecule has 94 valence electrons. The molecule has 0 saturated heterocycles. The summed E-state index contributed by atoms with van der Waals surface area (Å²) < 4.78 is 1.99. The van der Waals surface area contributed by atoms with E-state index in [9.17, 15) is 0 Å². The van der Waals surface area contributed by atoms with Crippen molar-refractivity contribution in [1.29, 1.82) is 0 Å². The van der Waals surface area contributed by atoms with E-state index in [-0.39, 0.29) is 0 Å². The number of hydrogen-bond donors (Lipinski definition) is 0. The molecule has 0 radical (unpaired) electrons. The molecule has 2 nitrogen and oxygen atoms in total. The van der Waals surface area contributed by atoms with Gasteiger partial charge in [0, 0.05) is 11.2 Å². The number of nitrogens with zero attached hydrogens (tertiary/aromatic N) is 2. The second-order valence-electron chi connectivity index (χ2n) is 4.37. The predicted octanol–water partition coefficient (Wildman–Crippen LogP) is 4.25. The summed E-state index contributed by atoms with van der Waals surface area (Å²) in [6.45, 7) is 0.720. The van der Waals surface area contributed by atoms with Crippen LogP contribution in [0.25, 0.3) is 11.3 Å². The van der Waals surface area contributed by atoms with Crippen LogP contribution in [0.4, 0.5) is 0 Å². The van der Waals surface area contributed by atoms with E-state index >= 15 is 0 Å². The lowest BCUT2D eigenvalue weighted by Gasteiger charge is -2.08. The van der Waals surface area contributed by atoms with Crippen molar-refractivity contribution in [1.82, 2.24) is 9.78 Å². The molecule has 0 amide bonds. The number of benzene rings is 2. The zero-order chi connectivity index (χ0) is 13.1. The minimum atomic E-state index is 0.720. The largest absolute Gasteiger partial charge is 0.260 e. The fourth-order valence-electron chi connectivity index (χ4n) is 2.12. The van der Waals surface area contributed by atoms with Gasteiger partial charge in [-0.2, -0.15) is 5.10 Å². The minimum Gasteiger partial charge on any atom is -0.260 e. The van der Waals surface area contributed by atoms with Gasteiger partial charge in [-0.1, -0.05) is 54.1 Å². The average Bonchev–Trinajstić information content (AvgIpc) is 2.88. The first-order valence-electron chi connectivity index (χ1n) is 6.14. The van der Waals surface area contributed by atoms with E-state index < -0.39 is 0 Å². The van der Waals surface area contributed by atoms with Crippen molar-refractivity contribution in [2.45, 2.75) is 6.54 Å². The maximum atomic E-state index is 6.01. The summed E-state index contributed by atoms with van der Waals surface area (Å²) in [6.07, 6.45) is 1.83. The Bertz CT molecular complexity index is 674. The van der Waals surface area contributed by atoms with Crippen molar-refractivity contribution >= 4 is 11.6 Å². The molecule has 1 aromatic heterocycles. The lowest BCUT2D eigenvalue weighted by Crippen LogP contribution is -2.03. The highest BCUT2D eigenvalue weighted by atomic mass is 35.5. The summed E-state index contributed by atoms with van der Waals surface area (Å²) in [5.41, 5.74) is 3.43. The fourth-order valence-corrected chi connectivity index (χ4v) is 2.33. The molecule has 0 aliphatic rings. The SMILES string of the molecule is Clc1cccc(Cn2nccc2-c2ccccc2)c1. The Hall–Kier alpha value is -2.06. The first-order chi connectivity index (χ1) is 9.33. The molecule has 19 heavy (non-hydrogen) atoms. The van der Waals surface area contributed by atoms with Gasteiger partial charge in [0.15, 0.2) is 0 Å². The Kier molecular flexibility index (Phi) is 3.34. The molecular formula is C16H13ClN2. The molecule has 3 aromatic rings. The molecule has 0 saturated carbocycles. The summed E-state index contributed by atoms with van der Waals surface area (Å²) in [5, 5.41) is 5.15. The maximum Gasteiger partial charge on any atom is 0.0686 e. The monoisotopic (exact) mass is 268 g/mol. The molecule has 1 heterocycles. The smallest absolute Gasteiger partial charge is 0.0686 e. The molecular weight excluding hydrogens is 256 g/mol. The van der Waals surface area contributed by atoms with Gasteiger partial charge in [-0.05, 0) is 29.3 Å².